The number of fused-ring (bicyclic) bond motifs is 2. The molecule has 7 nitrogen and oxygen atoms in total. The molecule has 0 spiro atoms. The van der Waals surface area contributed by atoms with Crippen LogP contribution in [0.4, 0.5) is 10.1 Å². The van der Waals surface area contributed by atoms with Gasteiger partial charge in [-0.15, -0.1) is 0 Å². The zero-order valence-electron chi connectivity index (χ0n) is 22.2. The molecule has 0 unspecified atom stereocenters. The number of hydrogen-bond donors (Lipinski definition) is 2. The van der Waals surface area contributed by atoms with Crippen LogP contribution in [0.5, 0.6) is 11.5 Å². The number of para-hydroxylation sites is 1. The maximum absolute atomic E-state index is 14.3. The second kappa shape index (κ2) is 11.4. The zero-order chi connectivity index (χ0) is 27.5. The summed E-state index contributed by atoms with van der Waals surface area (Å²) in [5.41, 5.74) is 2.79. The number of rotatable bonds is 7. The Morgan fingerprint density at radius 3 is 2.50 bits per heavy atom. The maximum Gasteiger partial charge on any atom is 0.248 e. The molecule has 1 aliphatic carbocycles. The third-order valence-corrected chi connectivity index (χ3v) is 7.73. The summed E-state index contributed by atoms with van der Waals surface area (Å²) in [6.45, 7) is 0.834. The Kier molecular flexibility index (Phi) is 7.40. The lowest BCUT2D eigenvalue weighted by Crippen LogP contribution is -2.47. The van der Waals surface area contributed by atoms with Crippen molar-refractivity contribution in [3.05, 3.63) is 89.9 Å². The van der Waals surface area contributed by atoms with Crippen LogP contribution in [0.15, 0.2) is 72.9 Å². The van der Waals surface area contributed by atoms with E-state index in [1.165, 1.54) is 17.0 Å². The van der Waals surface area contributed by atoms with Crippen LogP contribution in [0.1, 0.15) is 49.3 Å². The number of aromatic nitrogens is 1. The second-order valence-electron chi connectivity index (χ2n) is 10.4. The number of H-pyrrole nitrogens is 1. The highest BCUT2D eigenvalue weighted by Gasteiger charge is 2.35. The van der Waals surface area contributed by atoms with E-state index in [0.29, 0.717) is 36.0 Å². The van der Waals surface area contributed by atoms with Gasteiger partial charge in [-0.3, -0.25) is 14.5 Å². The highest BCUT2D eigenvalue weighted by molar-refractivity contribution is 6.03. The average Bonchev–Trinajstić information content (AvgIpc) is 3.39. The molecular formula is C32H32FN3O4. The van der Waals surface area contributed by atoms with E-state index in [0.717, 1.165) is 48.6 Å². The molecule has 40 heavy (non-hydrogen) atoms. The molecule has 2 amide bonds. The summed E-state index contributed by atoms with van der Waals surface area (Å²) in [5, 5.41) is 4.15. The van der Waals surface area contributed by atoms with Gasteiger partial charge in [0.05, 0.1) is 6.42 Å². The first-order valence-electron chi connectivity index (χ1n) is 13.9. The number of amides is 2. The quantitative estimate of drug-likeness (QED) is 0.308. The number of anilines is 1. The number of aromatic amines is 1. The summed E-state index contributed by atoms with van der Waals surface area (Å²) in [4.78, 5) is 33.1. The van der Waals surface area contributed by atoms with Gasteiger partial charge in [0.15, 0.2) is 11.5 Å². The number of ether oxygens (including phenoxy) is 2. The summed E-state index contributed by atoms with van der Waals surface area (Å²) < 4.78 is 25.5. The van der Waals surface area contributed by atoms with Crippen molar-refractivity contribution in [2.24, 2.45) is 0 Å². The first-order chi connectivity index (χ1) is 19.6. The van der Waals surface area contributed by atoms with Crippen LogP contribution in [0.3, 0.4) is 0 Å². The lowest BCUT2D eigenvalue weighted by atomic mass is 9.94. The van der Waals surface area contributed by atoms with E-state index in [9.17, 15) is 14.0 Å². The van der Waals surface area contributed by atoms with E-state index in [-0.39, 0.29) is 24.3 Å². The number of benzene rings is 3. The van der Waals surface area contributed by atoms with Crippen LogP contribution >= 0.6 is 0 Å². The van der Waals surface area contributed by atoms with Crippen LogP contribution in [-0.2, 0) is 16.0 Å². The second-order valence-corrected chi connectivity index (χ2v) is 10.4. The fourth-order valence-electron chi connectivity index (χ4n) is 5.73. The van der Waals surface area contributed by atoms with Crippen molar-refractivity contribution < 1.29 is 23.5 Å². The SMILES string of the molecule is O=C(NC1CCCCC1)[C@H](c1ccc(F)cc1)N(C(=O)Cc1c[nH]c2ccccc12)c1ccc2c(c1)OCCO2. The van der Waals surface area contributed by atoms with Gasteiger partial charge < -0.3 is 19.8 Å². The Labute approximate surface area is 232 Å². The molecule has 1 fully saturated rings. The molecule has 1 saturated carbocycles. The van der Waals surface area contributed by atoms with Gasteiger partial charge in [-0.2, -0.15) is 0 Å². The van der Waals surface area contributed by atoms with Crippen molar-refractivity contribution in [2.75, 3.05) is 18.1 Å². The molecular weight excluding hydrogens is 509 g/mol. The summed E-state index contributed by atoms with van der Waals surface area (Å²) in [6, 6.07) is 17.9. The van der Waals surface area contributed by atoms with Crippen LogP contribution in [0.25, 0.3) is 10.9 Å². The van der Waals surface area contributed by atoms with Crippen molar-refractivity contribution >= 4 is 28.4 Å². The Bertz CT molecular complexity index is 1510. The summed E-state index contributed by atoms with van der Waals surface area (Å²) in [5.74, 6) is 0.129. The molecule has 1 atom stereocenters. The summed E-state index contributed by atoms with van der Waals surface area (Å²) in [6.07, 6.45) is 6.95. The summed E-state index contributed by atoms with van der Waals surface area (Å²) >= 11 is 0. The first-order valence-corrected chi connectivity index (χ1v) is 13.9. The van der Waals surface area contributed by atoms with Gasteiger partial charge in [-0.1, -0.05) is 49.6 Å². The monoisotopic (exact) mass is 541 g/mol. The highest BCUT2D eigenvalue weighted by atomic mass is 19.1. The molecule has 0 saturated heterocycles. The van der Waals surface area contributed by atoms with E-state index in [1.807, 2.05) is 30.5 Å². The number of nitrogens with zero attached hydrogens (tertiary/aromatic N) is 1. The minimum atomic E-state index is -1.01. The number of carbonyl (C=O) groups is 2. The van der Waals surface area contributed by atoms with Crippen LogP contribution in [-0.4, -0.2) is 36.1 Å². The molecule has 206 valence electrons. The fourth-order valence-corrected chi connectivity index (χ4v) is 5.73. The van der Waals surface area contributed by atoms with Gasteiger partial charge in [0.2, 0.25) is 11.8 Å². The first kappa shape index (κ1) is 25.9. The van der Waals surface area contributed by atoms with Gasteiger partial charge in [0, 0.05) is 34.9 Å². The predicted octanol–water partition coefficient (Wildman–Crippen LogP) is 5.84. The molecule has 2 heterocycles. The van der Waals surface area contributed by atoms with Crippen LogP contribution in [0, 0.1) is 5.82 Å². The predicted molar refractivity (Wildman–Crippen MR) is 151 cm³/mol. The minimum Gasteiger partial charge on any atom is -0.486 e. The standard InChI is InChI=1S/C32H32FN3O4/c33-23-12-10-21(11-13-23)31(32(38)35-24-6-2-1-3-7-24)36(25-14-15-28-29(19-25)40-17-16-39-28)30(37)18-22-20-34-27-9-5-4-8-26(22)27/h4-5,8-15,19-20,24,31,34H,1-3,6-7,16-18H2,(H,35,38)/t31-/m0/s1. The largest absolute Gasteiger partial charge is 0.486 e. The lowest BCUT2D eigenvalue weighted by Gasteiger charge is -2.34. The Hall–Kier alpha value is -4.33. The van der Waals surface area contributed by atoms with Gasteiger partial charge >= 0.3 is 0 Å². The molecule has 0 bridgehead atoms. The molecule has 6 rings (SSSR count). The number of hydrogen-bond acceptors (Lipinski definition) is 4. The van der Waals surface area contributed by atoms with Crippen LogP contribution in [0.2, 0.25) is 0 Å². The van der Waals surface area contributed by atoms with Gasteiger partial charge in [-0.25, -0.2) is 4.39 Å². The Balaban J connectivity index is 1.42. The van der Waals surface area contributed by atoms with Crippen LogP contribution < -0.4 is 19.7 Å². The molecule has 1 aromatic heterocycles. The van der Waals surface area contributed by atoms with Crippen molar-refractivity contribution in [3.63, 3.8) is 0 Å². The number of halogens is 1. The maximum atomic E-state index is 14.3. The van der Waals surface area contributed by atoms with E-state index in [2.05, 4.69) is 10.3 Å². The average molecular weight is 542 g/mol. The number of nitrogens with one attached hydrogen (secondary N) is 2. The highest BCUT2D eigenvalue weighted by Crippen LogP contribution is 2.38. The van der Waals surface area contributed by atoms with Crippen molar-refractivity contribution in [1.82, 2.24) is 10.3 Å². The molecule has 1 aliphatic heterocycles. The Morgan fingerprint density at radius 1 is 0.950 bits per heavy atom. The van der Waals surface area contributed by atoms with Gasteiger partial charge in [-0.05, 0) is 54.3 Å². The topological polar surface area (TPSA) is 83.7 Å². The van der Waals surface area contributed by atoms with E-state index >= 15 is 0 Å². The fraction of sp³-hybridized carbons (Fsp3) is 0.312. The third kappa shape index (κ3) is 5.39. The molecule has 2 aliphatic rings. The van der Waals surface area contributed by atoms with E-state index < -0.39 is 11.9 Å². The lowest BCUT2D eigenvalue weighted by molar-refractivity contribution is -0.127. The van der Waals surface area contributed by atoms with Gasteiger partial charge in [0.1, 0.15) is 25.1 Å². The molecule has 3 aromatic carbocycles. The van der Waals surface area contributed by atoms with Crippen molar-refractivity contribution in [2.45, 2.75) is 50.6 Å². The summed E-state index contributed by atoms with van der Waals surface area (Å²) in [7, 11) is 0. The molecule has 0 radical (unpaired) electrons. The third-order valence-electron chi connectivity index (χ3n) is 7.73. The molecule has 2 N–H and O–H groups in total. The van der Waals surface area contributed by atoms with E-state index in [4.69, 9.17) is 9.47 Å². The normalized spacial score (nSPS) is 15.9. The minimum absolute atomic E-state index is 0.0371. The smallest absolute Gasteiger partial charge is 0.248 e. The van der Waals surface area contributed by atoms with E-state index in [1.54, 1.807) is 30.3 Å². The molecule has 8 heteroatoms. The molecule has 4 aromatic rings. The van der Waals surface area contributed by atoms with Gasteiger partial charge in [0.25, 0.3) is 0 Å². The number of carbonyl (C=O) groups excluding carboxylic acids is 2. The zero-order valence-corrected chi connectivity index (χ0v) is 22.2. The van der Waals surface area contributed by atoms with Crippen molar-refractivity contribution in [1.29, 1.82) is 0 Å². The Morgan fingerprint density at radius 2 is 1.70 bits per heavy atom. The van der Waals surface area contributed by atoms with Crippen molar-refractivity contribution in [3.8, 4) is 11.5 Å².